The third-order valence-corrected chi connectivity index (χ3v) is 10.8. The van der Waals surface area contributed by atoms with Gasteiger partial charge in [0.15, 0.2) is 5.71 Å². The fraction of sp³-hybridized carbons (Fsp3) is 0.553. The number of hydrogen-bond acceptors (Lipinski definition) is 7. The summed E-state index contributed by atoms with van der Waals surface area (Å²) in [5.41, 5.74) is 7.75. The molecule has 0 saturated carbocycles. The van der Waals surface area contributed by atoms with Crippen LogP contribution in [0.4, 0.5) is 11.4 Å². The van der Waals surface area contributed by atoms with Crippen LogP contribution in [0.15, 0.2) is 84.6 Å². The first kappa shape index (κ1) is 44.0. The van der Waals surface area contributed by atoms with Crippen molar-refractivity contribution in [2.45, 2.75) is 97.3 Å². The van der Waals surface area contributed by atoms with Gasteiger partial charge in [-0.2, -0.15) is 4.58 Å². The third kappa shape index (κ3) is 12.7. The van der Waals surface area contributed by atoms with Crippen LogP contribution in [0.3, 0.4) is 0 Å². The molecule has 0 atom stereocenters. The summed E-state index contributed by atoms with van der Waals surface area (Å²) in [4.78, 5) is 26.6. The van der Waals surface area contributed by atoms with Gasteiger partial charge in [0.25, 0.3) is 0 Å². The minimum atomic E-state index is -0.0968. The molecule has 0 fully saturated rings. The van der Waals surface area contributed by atoms with Gasteiger partial charge in [0, 0.05) is 72.8 Å². The van der Waals surface area contributed by atoms with Crippen molar-refractivity contribution < 1.29 is 33.1 Å². The van der Waals surface area contributed by atoms with E-state index in [0.29, 0.717) is 77.9 Å². The summed E-state index contributed by atoms with van der Waals surface area (Å²) in [6, 6.07) is 17.4. The van der Waals surface area contributed by atoms with Crippen molar-refractivity contribution in [2.24, 2.45) is 5.92 Å². The van der Waals surface area contributed by atoms with Gasteiger partial charge in [-0.25, -0.2) is 0 Å². The summed E-state index contributed by atoms with van der Waals surface area (Å²) < 4.78 is 24.4. The van der Waals surface area contributed by atoms with Crippen LogP contribution >= 0.6 is 0 Å². The average molecular weight is 756 g/mol. The molecule has 0 bridgehead atoms. The molecule has 0 unspecified atom stereocenters. The molecule has 0 amide bonds. The second-order valence-corrected chi connectivity index (χ2v) is 15.9. The minimum Gasteiger partial charge on any atom is -0.379 e. The molecule has 2 heterocycles. The number of para-hydroxylation sites is 2. The van der Waals surface area contributed by atoms with Crippen molar-refractivity contribution in [3.63, 3.8) is 0 Å². The Labute approximate surface area is 331 Å². The standard InChI is InChI=1S/C47H67N2O6/c1-37(2)43(51)27-30-53-32-34-55-36-35-54-33-31-52-29-18-20-38(50)19-10-9-17-28-49-42-24-16-14-22-40(42)47(5,6)45(49)26-12-8-11-25-44-46(3,4)39-21-13-15-23-41(39)48(44)7/h8,11-16,21-26,37H,9-10,17-20,27-36H2,1-7H3/q+1. The highest BCUT2D eigenvalue weighted by Crippen LogP contribution is 2.47. The number of fused-ring (bicyclic) bond motifs is 2. The molecule has 2 aliphatic rings. The highest BCUT2D eigenvalue weighted by Gasteiger charge is 2.42. The molecule has 0 saturated heterocycles. The Hall–Kier alpha value is -3.69. The molecule has 0 spiro atoms. The molecule has 0 aromatic heterocycles. The second-order valence-electron chi connectivity index (χ2n) is 15.9. The predicted molar refractivity (Wildman–Crippen MR) is 224 cm³/mol. The van der Waals surface area contributed by atoms with Crippen molar-refractivity contribution in [1.82, 2.24) is 0 Å². The van der Waals surface area contributed by atoms with Crippen molar-refractivity contribution in [1.29, 1.82) is 0 Å². The van der Waals surface area contributed by atoms with E-state index in [0.717, 1.165) is 32.2 Å². The molecule has 8 heteroatoms. The normalized spacial score (nSPS) is 16.7. The third-order valence-electron chi connectivity index (χ3n) is 10.8. The largest absolute Gasteiger partial charge is 0.379 e. The molecule has 2 aromatic carbocycles. The lowest BCUT2D eigenvalue weighted by atomic mass is 9.81. The summed E-state index contributed by atoms with van der Waals surface area (Å²) in [6.45, 7) is 17.9. The Balaban J connectivity index is 1.09. The van der Waals surface area contributed by atoms with Gasteiger partial charge in [0.2, 0.25) is 5.69 Å². The Morgan fingerprint density at radius 3 is 1.95 bits per heavy atom. The minimum absolute atomic E-state index is 0.0394. The second kappa shape index (κ2) is 22.2. The Morgan fingerprint density at radius 2 is 1.27 bits per heavy atom. The Kier molecular flexibility index (Phi) is 17.7. The lowest BCUT2D eigenvalue weighted by Gasteiger charge is -2.27. The molecule has 300 valence electrons. The van der Waals surface area contributed by atoms with Crippen LogP contribution < -0.4 is 4.90 Å². The summed E-state index contributed by atoms with van der Waals surface area (Å²) in [6.07, 6.45) is 16.3. The fourth-order valence-corrected chi connectivity index (χ4v) is 7.53. The maximum Gasteiger partial charge on any atom is 0.209 e. The van der Waals surface area contributed by atoms with Crippen LogP contribution in [-0.2, 0) is 39.4 Å². The number of anilines is 1. The number of nitrogens with zero attached hydrogens (tertiary/aromatic N) is 2. The smallest absolute Gasteiger partial charge is 0.209 e. The van der Waals surface area contributed by atoms with Gasteiger partial charge in [0.05, 0.1) is 51.7 Å². The molecular formula is C47H67N2O6+. The Bertz CT molecular complexity index is 1670. The van der Waals surface area contributed by atoms with Gasteiger partial charge in [-0.05, 0) is 50.8 Å². The molecule has 2 aromatic rings. The van der Waals surface area contributed by atoms with E-state index in [1.165, 1.54) is 33.9 Å². The average Bonchev–Trinajstić information content (AvgIpc) is 3.50. The van der Waals surface area contributed by atoms with Crippen LogP contribution in [0.1, 0.15) is 97.6 Å². The summed E-state index contributed by atoms with van der Waals surface area (Å²) >= 11 is 0. The molecule has 0 aliphatic carbocycles. The topological polar surface area (TPSA) is 77.3 Å². The lowest BCUT2D eigenvalue weighted by molar-refractivity contribution is -0.401. The maximum atomic E-state index is 12.6. The summed E-state index contributed by atoms with van der Waals surface area (Å²) in [7, 11) is 2.15. The number of carbonyl (C=O) groups excluding carboxylic acids is 2. The van der Waals surface area contributed by atoms with E-state index >= 15 is 0 Å². The predicted octanol–water partition coefficient (Wildman–Crippen LogP) is 9.08. The lowest BCUT2D eigenvalue weighted by Crippen LogP contribution is -2.27. The molecule has 0 N–H and O–H groups in total. The van der Waals surface area contributed by atoms with Crippen LogP contribution in [0.2, 0.25) is 0 Å². The number of unbranched alkanes of at least 4 members (excludes halogenated alkanes) is 2. The zero-order valence-corrected chi connectivity index (χ0v) is 34.7. The number of ketones is 2. The molecule has 4 rings (SSSR count). The highest BCUT2D eigenvalue weighted by molar-refractivity contribution is 6.03. The van der Waals surface area contributed by atoms with E-state index in [4.69, 9.17) is 18.9 Å². The summed E-state index contributed by atoms with van der Waals surface area (Å²) in [5.74, 6) is 0.590. The van der Waals surface area contributed by atoms with E-state index in [2.05, 4.69) is 123 Å². The summed E-state index contributed by atoms with van der Waals surface area (Å²) in [5, 5.41) is 0. The van der Waals surface area contributed by atoms with Crippen molar-refractivity contribution in [3.8, 4) is 0 Å². The van der Waals surface area contributed by atoms with Gasteiger partial charge in [0.1, 0.15) is 18.6 Å². The first-order valence-corrected chi connectivity index (χ1v) is 20.4. The molecule has 55 heavy (non-hydrogen) atoms. The molecule has 2 aliphatic heterocycles. The van der Waals surface area contributed by atoms with Crippen LogP contribution in [0, 0.1) is 5.92 Å². The monoisotopic (exact) mass is 755 g/mol. The number of carbonyl (C=O) groups is 2. The zero-order chi connectivity index (χ0) is 39.7. The van der Waals surface area contributed by atoms with Crippen LogP contribution in [-0.4, -0.2) is 88.3 Å². The number of benzene rings is 2. The number of allylic oxidation sites excluding steroid dienone is 6. The van der Waals surface area contributed by atoms with Gasteiger partial charge >= 0.3 is 0 Å². The Morgan fingerprint density at radius 1 is 0.673 bits per heavy atom. The zero-order valence-electron chi connectivity index (χ0n) is 34.7. The maximum absolute atomic E-state index is 12.6. The highest BCUT2D eigenvalue weighted by atomic mass is 16.6. The van der Waals surface area contributed by atoms with Gasteiger partial charge in [-0.3, -0.25) is 9.59 Å². The van der Waals surface area contributed by atoms with Gasteiger partial charge in [-0.15, -0.1) is 0 Å². The van der Waals surface area contributed by atoms with Crippen molar-refractivity contribution in [3.05, 3.63) is 95.7 Å². The van der Waals surface area contributed by atoms with Crippen LogP contribution in [0.5, 0.6) is 0 Å². The number of Topliss-reactive ketones (excluding diaryl/α,β-unsaturated/α-hetero) is 2. The first-order chi connectivity index (χ1) is 26.5. The van der Waals surface area contributed by atoms with Crippen molar-refractivity contribution in [2.75, 3.05) is 71.3 Å². The number of hydrogen-bond donors (Lipinski definition) is 0. The van der Waals surface area contributed by atoms with Gasteiger partial charge in [-0.1, -0.05) is 88.7 Å². The van der Waals surface area contributed by atoms with Crippen molar-refractivity contribution >= 4 is 28.7 Å². The number of rotatable bonds is 26. The van der Waals surface area contributed by atoms with Crippen LogP contribution in [0.25, 0.3) is 0 Å². The van der Waals surface area contributed by atoms with E-state index in [9.17, 15) is 9.59 Å². The first-order valence-electron chi connectivity index (χ1n) is 20.4. The van der Waals surface area contributed by atoms with Gasteiger partial charge < -0.3 is 23.8 Å². The van der Waals surface area contributed by atoms with E-state index in [-0.39, 0.29) is 22.5 Å². The number of ether oxygens (including phenoxy) is 4. The molecule has 8 nitrogen and oxygen atoms in total. The molecular weight excluding hydrogens is 689 g/mol. The molecule has 0 radical (unpaired) electrons. The SMILES string of the molecule is CC(C)C(=O)CCOCCOCCOCCOCCCC(=O)CCCCCN1/C(=C/C=C/C=C/C2=[N+](C)c3ccccc3C2(C)C)C(C)(C)c2ccccc21. The quantitative estimate of drug-likeness (QED) is 0.0539. The van der Waals surface area contributed by atoms with E-state index in [1.807, 2.05) is 13.8 Å². The van der Waals surface area contributed by atoms with E-state index < -0.39 is 0 Å². The fourth-order valence-electron chi connectivity index (χ4n) is 7.53. The van der Waals surface area contributed by atoms with E-state index in [1.54, 1.807) is 0 Å².